The van der Waals surface area contributed by atoms with Crippen LogP contribution in [0.2, 0.25) is 0 Å². The van der Waals surface area contributed by atoms with Gasteiger partial charge in [-0.15, -0.1) is 10.1 Å². The Morgan fingerprint density at radius 1 is 1.27 bits per heavy atom. The molecule has 0 aromatic rings. The van der Waals surface area contributed by atoms with E-state index in [9.17, 15) is 0 Å². The molecule has 0 saturated carbocycles. The first-order chi connectivity index (χ1) is 3.73. The van der Waals surface area contributed by atoms with Gasteiger partial charge in [0.15, 0.2) is 0 Å². The molecule has 0 saturated heterocycles. The third kappa shape index (κ3) is 1330. The van der Waals surface area contributed by atoms with Crippen molar-refractivity contribution in [2.24, 2.45) is 0 Å². The van der Waals surface area contributed by atoms with Crippen molar-refractivity contribution in [2.45, 2.75) is 0 Å². The predicted octanol–water partition coefficient (Wildman–Crippen LogP) is -2.55. The van der Waals surface area contributed by atoms with E-state index in [1.807, 2.05) is 0 Å². The van der Waals surface area contributed by atoms with Crippen LogP contribution in [0, 0.1) is 10.1 Å². The Hall–Kier alpha value is 0.791. The van der Waals surface area contributed by atoms with Crippen LogP contribution in [0.1, 0.15) is 0 Å². The molecule has 0 unspecified atom stereocenters. The summed E-state index contributed by atoms with van der Waals surface area (Å²) in [4.78, 5) is 32.6. The third-order valence-electron chi connectivity index (χ3n) is 0. The van der Waals surface area contributed by atoms with Crippen molar-refractivity contribution >= 4 is 7.82 Å². The summed E-state index contributed by atoms with van der Waals surface area (Å²) in [5.41, 5.74) is 0. The summed E-state index contributed by atoms with van der Waals surface area (Å²) in [7, 11) is -5.14. The Bertz CT molecular complexity index is 116. The standard InChI is InChI=1S/2Ag.HNO3.H3O4P/c;;2-1(3)4;1-5(2,3)4/h;;(H,2,3,4);(H3,1,2,3,4)/q2*+1;;/p-2. The predicted molar refractivity (Wildman–Crippen MR) is 18.6 cm³/mol. The van der Waals surface area contributed by atoms with Crippen LogP contribution in [-0.2, 0) is 49.3 Å². The molecule has 0 bridgehead atoms. The summed E-state index contributed by atoms with van der Waals surface area (Å²) in [6, 6.07) is 0. The van der Waals surface area contributed by atoms with E-state index in [1.54, 1.807) is 0 Å². The normalized spacial score (nSPS) is 7.55. The number of phosphoric acid groups is 1. The molecule has 2 N–H and O–H groups in total. The smallest absolute Gasteiger partial charge is 0.790 e. The number of nitrogens with zero attached hydrogens (tertiary/aromatic N) is 1. The first kappa shape index (κ1) is 22.6. The summed E-state index contributed by atoms with van der Waals surface area (Å²) in [6.07, 6.45) is 0. The first-order valence-electron chi connectivity index (χ1n) is 1.31. The molecule has 0 fully saturated rings. The molecule has 11 heteroatoms. The van der Waals surface area contributed by atoms with Gasteiger partial charge < -0.3 is 24.5 Å². The minimum atomic E-state index is -5.14. The van der Waals surface area contributed by atoms with Crippen molar-refractivity contribution in [1.82, 2.24) is 0 Å². The molecule has 0 heterocycles. The molecule has 11 heavy (non-hydrogen) atoms. The SMILES string of the molecule is O=P([O-])([O-])O.O=[N+]([O-])O.[Ag+].[Ag+]. The molecule has 76 valence electrons. The van der Waals surface area contributed by atoms with E-state index in [1.165, 1.54) is 0 Å². The molecule has 0 amide bonds. The van der Waals surface area contributed by atoms with Crippen molar-refractivity contribution in [2.75, 3.05) is 0 Å². The summed E-state index contributed by atoms with van der Waals surface area (Å²) in [6.45, 7) is 0. The van der Waals surface area contributed by atoms with Crippen LogP contribution in [-0.4, -0.2) is 15.2 Å². The van der Waals surface area contributed by atoms with Crippen LogP contribution < -0.4 is 9.79 Å². The van der Waals surface area contributed by atoms with Crippen molar-refractivity contribution in [3.8, 4) is 0 Å². The minimum absolute atomic E-state index is 0. The molecule has 0 aliphatic carbocycles. The zero-order valence-electron chi connectivity index (χ0n) is 4.43. The van der Waals surface area contributed by atoms with Crippen LogP contribution in [0.25, 0.3) is 0 Å². The van der Waals surface area contributed by atoms with Crippen LogP contribution in [0.4, 0.5) is 0 Å². The Balaban J connectivity index is -0.0000000383. The summed E-state index contributed by atoms with van der Waals surface area (Å²) >= 11 is 0. The van der Waals surface area contributed by atoms with Gasteiger partial charge >= 0.3 is 44.8 Å². The second kappa shape index (κ2) is 10.8. The van der Waals surface area contributed by atoms with Crippen molar-refractivity contribution in [1.29, 1.82) is 0 Å². The fourth-order valence-corrected chi connectivity index (χ4v) is 0. The Labute approximate surface area is 92.0 Å². The zero-order chi connectivity index (χ0) is 8.08. The van der Waals surface area contributed by atoms with E-state index in [2.05, 4.69) is 0 Å². The van der Waals surface area contributed by atoms with Crippen LogP contribution in [0.3, 0.4) is 0 Å². The molecule has 0 atom stereocenters. The van der Waals surface area contributed by atoms with E-state index in [0.717, 1.165) is 0 Å². The molecule has 0 aromatic heterocycles. The topological polar surface area (TPSA) is 147 Å². The maximum atomic E-state index is 8.66. The molecular formula is H2Ag2NO7P. The third-order valence-corrected chi connectivity index (χ3v) is 0. The van der Waals surface area contributed by atoms with Crippen molar-refractivity contribution < 1.29 is 74.3 Å². The summed E-state index contributed by atoms with van der Waals surface area (Å²) in [5.74, 6) is 0. The average Bonchev–Trinajstić information content (AvgIpc) is 1.19. The van der Waals surface area contributed by atoms with Gasteiger partial charge in [-0.3, -0.25) is 0 Å². The molecular weight excluding hydrogens is 373 g/mol. The maximum Gasteiger partial charge on any atom is 1.00 e. The van der Waals surface area contributed by atoms with Gasteiger partial charge in [-0.2, -0.15) is 0 Å². The monoisotopic (exact) mass is 373 g/mol. The molecule has 0 aromatic carbocycles. The average molecular weight is 375 g/mol. The summed E-state index contributed by atoms with van der Waals surface area (Å²) in [5, 5.41) is 13.6. The second-order valence-corrected chi connectivity index (χ2v) is 1.64. The van der Waals surface area contributed by atoms with E-state index in [4.69, 9.17) is 34.6 Å². The van der Waals surface area contributed by atoms with E-state index < -0.39 is 12.9 Å². The van der Waals surface area contributed by atoms with Crippen molar-refractivity contribution in [3.05, 3.63) is 10.1 Å². The molecule has 0 rings (SSSR count). The van der Waals surface area contributed by atoms with Gasteiger partial charge in [-0.05, 0) is 0 Å². The van der Waals surface area contributed by atoms with E-state index in [0.29, 0.717) is 0 Å². The fourth-order valence-electron chi connectivity index (χ4n) is 0. The van der Waals surface area contributed by atoms with E-state index in [-0.39, 0.29) is 44.8 Å². The molecule has 0 radical (unpaired) electrons. The van der Waals surface area contributed by atoms with Gasteiger partial charge in [0.2, 0.25) is 0 Å². The maximum absolute atomic E-state index is 8.66. The van der Waals surface area contributed by atoms with Crippen LogP contribution in [0.5, 0.6) is 0 Å². The fraction of sp³-hybridized carbons (Fsp3) is 0. The number of rotatable bonds is 0. The van der Waals surface area contributed by atoms with Gasteiger partial charge in [0.25, 0.3) is 5.09 Å². The van der Waals surface area contributed by atoms with E-state index >= 15 is 0 Å². The molecule has 0 aliphatic rings. The quantitative estimate of drug-likeness (QED) is 0.205. The van der Waals surface area contributed by atoms with Gasteiger partial charge in [-0.25, -0.2) is 0 Å². The Morgan fingerprint density at radius 2 is 1.27 bits per heavy atom. The molecule has 0 spiro atoms. The molecule has 0 aliphatic heterocycles. The number of hydrogen-bond acceptors (Lipinski definition) is 5. The van der Waals surface area contributed by atoms with Gasteiger partial charge in [0.1, 0.15) is 0 Å². The Morgan fingerprint density at radius 3 is 1.27 bits per heavy atom. The minimum Gasteiger partial charge on any atom is -0.790 e. The van der Waals surface area contributed by atoms with Gasteiger partial charge in [0.05, 0.1) is 7.82 Å². The number of hydrogen-bond donors (Lipinski definition) is 2. The van der Waals surface area contributed by atoms with Gasteiger partial charge in [0, 0.05) is 0 Å². The Kier molecular flexibility index (Phi) is 22.2. The zero-order valence-corrected chi connectivity index (χ0v) is 8.29. The van der Waals surface area contributed by atoms with Gasteiger partial charge in [-0.1, -0.05) is 0 Å². The second-order valence-electron chi connectivity index (χ2n) is 0.706. The van der Waals surface area contributed by atoms with Crippen molar-refractivity contribution in [3.63, 3.8) is 0 Å². The van der Waals surface area contributed by atoms with Crippen LogP contribution >= 0.6 is 7.82 Å². The summed E-state index contributed by atoms with van der Waals surface area (Å²) < 4.78 is 8.66. The first-order valence-corrected chi connectivity index (χ1v) is 2.81. The largest absolute Gasteiger partial charge is 1.00 e. The van der Waals surface area contributed by atoms with Crippen LogP contribution in [0.15, 0.2) is 0 Å². The molecule has 8 nitrogen and oxygen atoms in total.